The minimum atomic E-state index is 0.103. The first-order chi connectivity index (χ1) is 8.23. The van der Waals surface area contributed by atoms with Gasteiger partial charge in [-0.15, -0.1) is 0 Å². The fraction of sp³-hybridized carbons (Fsp3) is 0.571. The molecule has 17 heavy (non-hydrogen) atoms. The van der Waals surface area contributed by atoms with Gasteiger partial charge in [0, 0.05) is 5.54 Å². The van der Waals surface area contributed by atoms with Crippen LogP contribution in [0.4, 0.5) is 0 Å². The van der Waals surface area contributed by atoms with Gasteiger partial charge in [-0.1, -0.05) is 6.92 Å². The lowest BCUT2D eigenvalue weighted by atomic mass is 9.86. The van der Waals surface area contributed by atoms with Crippen molar-refractivity contribution >= 4 is 0 Å². The molecular formula is C14H19NO2. The van der Waals surface area contributed by atoms with Crippen LogP contribution in [0.2, 0.25) is 0 Å². The second-order valence-corrected chi connectivity index (χ2v) is 5.08. The zero-order chi connectivity index (χ0) is 11.9. The normalized spacial score (nSPS) is 26.5. The van der Waals surface area contributed by atoms with Gasteiger partial charge in [0.25, 0.3) is 0 Å². The van der Waals surface area contributed by atoms with E-state index in [9.17, 15) is 0 Å². The molecule has 3 nitrogen and oxygen atoms in total. The lowest BCUT2D eigenvalue weighted by molar-refractivity contribution is 0.174. The van der Waals surface area contributed by atoms with Gasteiger partial charge < -0.3 is 14.8 Å². The predicted molar refractivity (Wildman–Crippen MR) is 66.5 cm³/mol. The Hall–Kier alpha value is -1.22. The summed E-state index contributed by atoms with van der Waals surface area (Å²) in [4.78, 5) is 0. The third-order valence-electron chi connectivity index (χ3n) is 3.94. The maximum Gasteiger partial charge on any atom is 0.231 e. The van der Waals surface area contributed by atoms with Crippen LogP contribution in [0.5, 0.6) is 11.5 Å². The van der Waals surface area contributed by atoms with Gasteiger partial charge in [-0.2, -0.15) is 0 Å². The SMILES string of the molecule is CCc1cc2c(cc1C1(C)CCCN1)OCO2. The van der Waals surface area contributed by atoms with E-state index in [1.165, 1.54) is 24.0 Å². The molecule has 0 spiro atoms. The molecule has 2 heterocycles. The molecular weight excluding hydrogens is 214 g/mol. The molecule has 2 aliphatic rings. The third-order valence-corrected chi connectivity index (χ3v) is 3.94. The first kappa shape index (κ1) is 10.9. The quantitative estimate of drug-likeness (QED) is 0.851. The van der Waals surface area contributed by atoms with Crippen LogP contribution in [-0.2, 0) is 12.0 Å². The molecule has 0 aliphatic carbocycles. The molecule has 0 amide bonds. The standard InChI is InChI=1S/C14H19NO2/c1-3-10-7-12-13(17-9-16-12)8-11(10)14(2)5-4-6-15-14/h7-8,15H,3-6,9H2,1-2H3. The number of ether oxygens (including phenoxy) is 2. The van der Waals surface area contributed by atoms with Crippen LogP contribution >= 0.6 is 0 Å². The Labute approximate surface area is 102 Å². The fourth-order valence-corrected chi connectivity index (χ4v) is 2.91. The molecule has 1 N–H and O–H groups in total. The van der Waals surface area contributed by atoms with Gasteiger partial charge in [0.15, 0.2) is 11.5 Å². The van der Waals surface area contributed by atoms with Gasteiger partial charge in [0.2, 0.25) is 6.79 Å². The van der Waals surface area contributed by atoms with Crippen LogP contribution in [0, 0.1) is 0 Å². The molecule has 1 fully saturated rings. The van der Waals surface area contributed by atoms with Crippen molar-refractivity contribution in [3.8, 4) is 11.5 Å². The minimum absolute atomic E-state index is 0.103. The molecule has 2 aliphatic heterocycles. The second-order valence-electron chi connectivity index (χ2n) is 5.08. The summed E-state index contributed by atoms with van der Waals surface area (Å²) in [5, 5.41) is 3.62. The maximum atomic E-state index is 5.49. The summed E-state index contributed by atoms with van der Waals surface area (Å²) in [7, 11) is 0. The topological polar surface area (TPSA) is 30.5 Å². The van der Waals surface area contributed by atoms with Crippen molar-refractivity contribution in [2.75, 3.05) is 13.3 Å². The van der Waals surface area contributed by atoms with E-state index in [4.69, 9.17) is 9.47 Å². The van der Waals surface area contributed by atoms with Crippen molar-refractivity contribution in [1.82, 2.24) is 5.32 Å². The predicted octanol–water partition coefficient (Wildman–Crippen LogP) is 2.58. The van der Waals surface area contributed by atoms with Gasteiger partial charge >= 0.3 is 0 Å². The molecule has 1 atom stereocenters. The van der Waals surface area contributed by atoms with Crippen molar-refractivity contribution in [3.05, 3.63) is 23.3 Å². The molecule has 0 radical (unpaired) electrons. The van der Waals surface area contributed by atoms with Crippen LogP contribution in [0.25, 0.3) is 0 Å². The Morgan fingerprint density at radius 2 is 2.06 bits per heavy atom. The Morgan fingerprint density at radius 3 is 2.71 bits per heavy atom. The highest BCUT2D eigenvalue weighted by Gasteiger charge is 2.33. The van der Waals surface area contributed by atoms with Gasteiger partial charge in [-0.25, -0.2) is 0 Å². The highest BCUT2D eigenvalue weighted by Crippen LogP contribution is 2.41. The number of rotatable bonds is 2. The highest BCUT2D eigenvalue weighted by molar-refractivity contribution is 5.51. The van der Waals surface area contributed by atoms with Crippen LogP contribution in [0.3, 0.4) is 0 Å². The maximum absolute atomic E-state index is 5.49. The van der Waals surface area contributed by atoms with Crippen LogP contribution in [-0.4, -0.2) is 13.3 Å². The van der Waals surface area contributed by atoms with Gasteiger partial charge in [-0.05, 0) is 56.0 Å². The first-order valence-electron chi connectivity index (χ1n) is 6.41. The first-order valence-corrected chi connectivity index (χ1v) is 6.41. The summed E-state index contributed by atoms with van der Waals surface area (Å²) < 4.78 is 10.9. The molecule has 0 aromatic heterocycles. The average molecular weight is 233 g/mol. The average Bonchev–Trinajstić information content (AvgIpc) is 2.95. The third kappa shape index (κ3) is 1.69. The zero-order valence-corrected chi connectivity index (χ0v) is 10.5. The lowest BCUT2D eigenvalue weighted by Crippen LogP contribution is -2.34. The molecule has 1 unspecified atom stereocenters. The lowest BCUT2D eigenvalue weighted by Gasteiger charge is -2.28. The zero-order valence-electron chi connectivity index (χ0n) is 10.5. The fourth-order valence-electron chi connectivity index (χ4n) is 2.91. The molecule has 0 saturated carbocycles. The van der Waals surface area contributed by atoms with Crippen molar-refractivity contribution in [2.45, 2.75) is 38.6 Å². The van der Waals surface area contributed by atoms with Gasteiger partial charge in [-0.3, -0.25) is 0 Å². The summed E-state index contributed by atoms with van der Waals surface area (Å²) in [6.45, 7) is 5.94. The summed E-state index contributed by atoms with van der Waals surface area (Å²) in [5.41, 5.74) is 2.85. The minimum Gasteiger partial charge on any atom is -0.454 e. The summed E-state index contributed by atoms with van der Waals surface area (Å²) in [6.07, 6.45) is 3.47. The number of aryl methyl sites for hydroxylation is 1. The van der Waals surface area contributed by atoms with E-state index in [-0.39, 0.29) is 5.54 Å². The van der Waals surface area contributed by atoms with Crippen LogP contribution in [0.1, 0.15) is 37.8 Å². The van der Waals surface area contributed by atoms with Gasteiger partial charge in [0.05, 0.1) is 0 Å². The monoisotopic (exact) mass is 233 g/mol. The smallest absolute Gasteiger partial charge is 0.231 e. The van der Waals surface area contributed by atoms with E-state index in [1.54, 1.807) is 0 Å². The van der Waals surface area contributed by atoms with E-state index in [2.05, 4.69) is 31.3 Å². The van der Waals surface area contributed by atoms with Crippen molar-refractivity contribution in [1.29, 1.82) is 0 Å². The Balaban J connectivity index is 2.08. The van der Waals surface area contributed by atoms with E-state index in [1.807, 2.05) is 0 Å². The molecule has 1 aromatic rings. The number of hydrogen-bond donors (Lipinski definition) is 1. The number of hydrogen-bond acceptors (Lipinski definition) is 3. The summed E-state index contributed by atoms with van der Waals surface area (Å²) in [5.74, 6) is 1.79. The highest BCUT2D eigenvalue weighted by atomic mass is 16.7. The summed E-state index contributed by atoms with van der Waals surface area (Å²) >= 11 is 0. The molecule has 3 rings (SSSR count). The second kappa shape index (κ2) is 3.91. The molecule has 1 aromatic carbocycles. The molecule has 1 saturated heterocycles. The van der Waals surface area contributed by atoms with Crippen molar-refractivity contribution in [2.24, 2.45) is 0 Å². The van der Waals surface area contributed by atoms with E-state index in [0.29, 0.717) is 6.79 Å². The molecule has 0 bridgehead atoms. The largest absolute Gasteiger partial charge is 0.454 e. The van der Waals surface area contributed by atoms with Crippen LogP contribution < -0.4 is 14.8 Å². The number of nitrogens with one attached hydrogen (secondary N) is 1. The molecule has 3 heteroatoms. The Kier molecular flexibility index (Phi) is 2.51. The van der Waals surface area contributed by atoms with E-state index < -0.39 is 0 Å². The van der Waals surface area contributed by atoms with E-state index >= 15 is 0 Å². The van der Waals surface area contributed by atoms with Gasteiger partial charge in [0.1, 0.15) is 0 Å². The number of benzene rings is 1. The van der Waals surface area contributed by atoms with Crippen molar-refractivity contribution < 1.29 is 9.47 Å². The molecule has 92 valence electrons. The van der Waals surface area contributed by atoms with Crippen molar-refractivity contribution in [3.63, 3.8) is 0 Å². The van der Waals surface area contributed by atoms with E-state index in [0.717, 1.165) is 24.5 Å². The number of fused-ring (bicyclic) bond motifs is 1. The summed E-state index contributed by atoms with van der Waals surface area (Å²) in [6, 6.07) is 4.31. The van der Waals surface area contributed by atoms with Crippen LogP contribution in [0.15, 0.2) is 12.1 Å². The Bertz CT molecular complexity index is 436. The Morgan fingerprint density at radius 1 is 1.29 bits per heavy atom.